The van der Waals surface area contributed by atoms with Crippen LogP contribution in [-0.2, 0) is 4.79 Å². The smallest absolute Gasteiger partial charge is 0.277 e. The molecule has 0 bridgehead atoms. The zero-order valence-corrected chi connectivity index (χ0v) is 20.5. The molecule has 9 nitrogen and oxygen atoms in total. The number of hydrogen-bond donors (Lipinski definition) is 0. The molecule has 0 fully saturated rings. The normalized spacial score (nSPS) is 15.0. The van der Waals surface area contributed by atoms with Crippen LogP contribution in [0.3, 0.4) is 0 Å². The number of benzene rings is 2. The maximum atomic E-state index is 13.3. The van der Waals surface area contributed by atoms with Gasteiger partial charge >= 0.3 is 0 Å². The third-order valence-electron chi connectivity index (χ3n) is 5.72. The summed E-state index contributed by atoms with van der Waals surface area (Å²) in [6.07, 6.45) is 3.90. The number of thioether (sulfide) groups is 1. The molecule has 1 amide bonds. The first-order chi connectivity index (χ1) is 17.6. The largest absolute Gasteiger partial charge is 0.497 e. The number of methoxy groups -OCH3 is 2. The number of carbonyl (C=O) groups is 1. The van der Waals surface area contributed by atoms with Crippen LogP contribution in [0.5, 0.6) is 11.5 Å². The van der Waals surface area contributed by atoms with Crippen molar-refractivity contribution < 1.29 is 18.7 Å². The van der Waals surface area contributed by atoms with Crippen molar-refractivity contribution in [3.63, 3.8) is 0 Å². The molecule has 2 aromatic carbocycles. The molecule has 0 aliphatic carbocycles. The van der Waals surface area contributed by atoms with Gasteiger partial charge in [-0.25, -0.2) is 5.01 Å². The molecule has 10 heteroatoms. The maximum Gasteiger partial charge on any atom is 0.277 e. The Morgan fingerprint density at radius 1 is 1.00 bits per heavy atom. The first-order valence-electron chi connectivity index (χ1n) is 11.2. The van der Waals surface area contributed by atoms with E-state index in [0.717, 1.165) is 33.9 Å². The van der Waals surface area contributed by atoms with E-state index in [9.17, 15) is 4.79 Å². The molecule has 1 unspecified atom stereocenters. The van der Waals surface area contributed by atoms with Crippen LogP contribution in [0, 0.1) is 0 Å². The number of carbonyl (C=O) groups excluding carboxylic acids is 1. The average Bonchev–Trinajstić information content (AvgIpc) is 3.60. The predicted octanol–water partition coefficient (Wildman–Crippen LogP) is 4.62. The molecule has 2 aromatic heterocycles. The van der Waals surface area contributed by atoms with Crippen molar-refractivity contribution in [3.8, 4) is 23.0 Å². The Kier molecular flexibility index (Phi) is 6.94. The molecule has 36 heavy (non-hydrogen) atoms. The molecule has 3 heterocycles. The summed E-state index contributed by atoms with van der Waals surface area (Å²) in [6.45, 7) is 0. The van der Waals surface area contributed by atoms with Crippen molar-refractivity contribution >= 4 is 23.4 Å². The van der Waals surface area contributed by atoms with Crippen LogP contribution in [0.1, 0.15) is 23.6 Å². The maximum absolute atomic E-state index is 13.3. The summed E-state index contributed by atoms with van der Waals surface area (Å²) in [5, 5.41) is 14.7. The van der Waals surface area contributed by atoms with Gasteiger partial charge in [0.2, 0.25) is 5.89 Å². The van der Waals surface area contributed by atoms with Crippen LogP contribution in [-0.4, -0.2) is 51.8 Å². The fraction of sp³-hybridized carbons (Fsp3) is 0.192. The number of hydrogen-bond acceptors (Lipinski definition) is 9. The van der Waals surface area contributed by atoms with Gasteiger partial charge in [0, 0.05) is 18.8 Å². The summed E-state index contributed by atoms with van der Waals surface area (Å²) in [4.78, 5) is 17.4. The second-order valence-corrected chi connectivity index (χ2v) is 8.84. The van der Waals surface area contributed by atoms with Crippen molar-refractivity contribution in [2.24, 2.45) is 5.10 Å². The fourth-order valence-corrected chi connectivity index (χ4v) is 4.46. The first kappa shape index (κ1) is 23.6. The van der Waals surface area contributed by atoms with Crippen molar-refractivity contribution in [2.45, 2.75) is 17.7 Å². The topological polar surface area (TPSA) is 103 Å². The number of amides is 1. The van der Waals surface area contributed by atoms with Crippen LogP contribution >= 0.6 is 11.8 Å². The van der Waals surface area contributed by atoms with Crippen molar-refractivity contribution in [1.82, 2.24) is 20.2 Å². The summed E-state index contributed by atoms with van der Waals surface area (Å²) in [7, 11) is 3.25. The third-order valence-corrected chi connectivity index (χ3v) is 6.53. The Bertz CT molecular complexity index is 1360. The second-order valence-electron chi connectivity index (χ2n) is 7.91. The first-order valence-corrected chi connectivity index (χ1v) is 12.2. The minimum atomic E-state index is -0.241. The molecule has 0 radical (unpaired) electrons. The predicted molar refractivity (Wildman–Crippen MR) is 135 cm³/mol. The lowest BCUT2D eigenvalue weighted by Crippen LogP contribution is -2.28. The summed E-state index contributed by atoms with van der Waals surface area (Å²) in [5.41, 5.74) is 3.46. The Morgan fingerprint density at radius 2 is 1.72 bits per heavy atom. The summed E-state index contributed by atoms with van der Waals surface area (Å²) in [5.74, 6) is 1.81. The fourth-order valence-electron chi connectivity index (χ4n) is 3.85. The lowest BCUT2D eigenvalue weighted by Gasteiger charge is -2.22. The van der Waals surface area contributed by atoms with Gasteiger partial charge in [0.15, 0.2) is 0 Å². The van der Waals surface area contributed by atoms with Gasteiger partial charge in [-0.15, -0.1) is 10.2 Å². The molecule has 0 saturated heterocycles. The van der Waals surface area contributed by atoms with E-state index in [1.807, 2.05) is 54.6 Å². The van der Waals surface area contributed by atoms with Crippen molar-refractivity contribution in [2.75, 3.05) is 20.0 Å². The number of hydrazone groups is 1. The van der Waals surface area contributed by atoms with E-state index in [0.29, 0.717) is 17.5 Å². The Morgan fingerprint density at radius 3 is 2.39 bits per heavy atom. The molecule has 182 valence electrons. The van der Waals surface area contributed by atoms with Crippen molar-refractivity contribution in [3.05, 3.63) is 84.2 Å². The number of rotatable bonds is 8. The zero-order chi connectivity index (χ0) is 24.9. The molecule has 0 spiro atoms. The van der Waals surface area contributed by atoms with Crippen LogP contribution in [0.25, 0.3) is 11.5 Å². The molecule has 5 rings (SSSR count). The molecule has 1 atom stereocenters. The highest BCUT2D eigenvalue weighted by Crippen LogP contribution is 2.35. The molecule has 1 aliphatic rings. The van der Waals surface area contributed by atoms with Crippen LogP contribution in [0.15, 0.2) is 87.8 Å². The third kappa shape index (κ3) is 5.08. The molecule has 0 N–H and O–H groups in total. The highest BCUT2D eigenvalue weighted by atomic mass is 32.2. The Hall–Kier alpha value is -4.18. The van der Waals surface area contributed by atoms with E-state index in [4.69, 9.17) is 19.0 Å². The van der Waals surface area contributed by atoms with E-state index < -0.39 is 0 Å². The van der Waals surface area contributed by atoms with Gasteiger partial charge < -0.3 is 13.9 Å². The van der Waals surface area contributed by atoms with Crippen molar-refractivity contribution in [1.29, 1.82) is 0 Å². The van der Waals surface area contributed by atoms with Gasteiger partial charge in [0.1, 0.15) is 11.5 Å². The van der Waals surface area contributed by atoms with Gasteiger partial charge in [-0.3, -0.25) is 9.78 Å². The van der Waals surface area contributed by atoms with Gasteiger partial charge in [0.25, 0.3) is 11.1 Å². The van der Waals surface area contributed by atoms with E-state index >= 15 is 0 Å². The van der Waals surface area contributed by atoms with Crippen LogP contribution in [0.4, 0.5) is 0 Å². The number of nitrogens with zero attached hydrogens (tertiary/aromatic N) is 5. The number of aromatic nitrogens is 3. The van der Waals surface area contributed by atoms with E-state index in [1.165, 1.54) is 11.8 Å². The van der Waals surface area contributed by atoms with Gasteiger partial charge in [-0.2, -0.15) is 5.10 Å². The Labute approximate surface area is 212 Å². The molecule has 4 aromatic rings. The molecular weight excluding hydrogens is 478 g/mol. The van der Waals surface area contributed by atoms with Crippen LogP contribution < -0.4 is 9.47 Å². The molecule has 1 aliphatic heterocycles. The SMILES string of the molecule is COc1ccc(C2=NN(C(=O)CSc3nnc(-c4cccnc4)o3)C(c3ccc(OC)cc3)C2)cc1. The quantitative estimate of drug-likeness (QED) is 0.322. The Balaban J connectivity index is 1.35. The van der Waals surface area contributed by atoms with E-state index in [-0.39, 0.29) is 17.7 Å². The summed E-state index contributed by atoms with van der Waals surface area (Å²) < 4.78 is 16.3. The summed E-state index contributed by atoms with van der Waals surface area (Å²) >= 11 is 1.18. The van der Waals surface area contributed by atoms with Gasteiger partial charge in [-0.1, -0.05) is 23.9 Å². The minimum Gasteiger partial charge on any atom is -0.497 e. The lowest BCUT2D eigenvalue weighted by atomic mass is 9.98. The second kappa shape index (κ2) is 10.6. The van der Waals surface area contributed by atoms with Crippen LogP contribution in [0.2, 0.25) is 0 Å². The monoisotopic (exact) mass is 501 g/mol. The lowest BCUT2D eigenvalue weighted by molar-refractivity contribution is -0.130. The van der Waals surface area contributed by atoms with Gasteiger partial charge in [0.05, 0.1) is 37.3 Å². The number of ether oxygens (including phenoxy) is 2. The highest BCUT2D eigenvalue weighted by Gasteiger charge is 2.33. The molecular formula is C26H23N5O4S. The van der Waals surface area contributed by atoms with E-state index in [1.54, 1.807) is 37.7 Å². The zero-order valence-electron chi connectivity index (χ0n) is 19.7. The van der Waals surface area contributed by atoms with Gasteiger partial charge in [-0.05, 0) is 59.7 Å². The number of pyridine rings is 1. The molecule has 0 saturated carbocycles. The van der Waals surface area contributed by atoms with E-state index in [2.05, 4.69) is 15.2 Å². The summed E-state index contributed by atoms with van der Waals surface area (Å²) in [6, 6.07) is 18.7. The standard InChI is InChI=1S/C26H23N5O4S/c1-33-20-9-5-17(6-10-20)22-14-23(18-7-11-21(34-2)12-8-18)31(30-22)24(32)16-36-26-29-28-25(35-26)19-4-3-13-27-15-19/h3-13,15,23H,14,16H2,1-2H3. The minimum absolute atomic E-state index is 0.0979. The highest BCUT2D eigenvalue weighted by molar-refractivity contribution is 7.99. The average molecular weight is 502 g/mol.